The van der Waals surface area contributed by atoms with E-state index in [9.17, 15) is 18.0 Å². The van der Waals surface area contributed by atoms with E-state index in [0.29, 0.717) is 12.0 Å². The topological polar surface area (TPSA) is 80.9 Å². The minimum absolute atomic E-state index is 0.0773. The first-order valence-corrected chi connectivity index (χ1v) is 9.46. The van der Waals surface area contributed by atoms with E-state index in [1.165, 1.54) is 6.07 Å². The first-order valence-electron chi connectivity index (χ1n) is 9.46. The predicted molar refractivity (Wildman–Crippen MR) is 102 cm³/mol. The Kier molecular flexibility index (Phi) is 6.81. The summed E-state index contributed by atoms with van der Waals surface area (Å²) in [5, 5.41) is 10.6. The van der Waals surface area contributed by atoms with Gasteiger partial charge in [0.2, 0.25) is 17.7 Å². The maximum Gasteiger partial charge on any atom is 0.416 e. The van der Waals surface area contributed by atoms with Crippen LogP contribution in [-0.2, 0) is 30.2 Å². The lowest BCUT2D eigenvalue weighted by molar-refractivity contribution is -0.137. The molecule has 9 heteroatoms. The number of nitrogens with zero attached hydrogens (tertiary/aromatic N) is 3. The van der Waals surface area contributed by atoms with E-state index < -0.39 is 11.7 Å². The average Bonchev–Trinajstić information content (AvgIpc) is 3.14. The van der Waals surface area contributed by atoms with Crippen molar-refractivity contribution in [3.8, 4) is 0 Å². The van der Waals surface area contributed by atoms with Gasteiger partial charge >= 0.3 is 6.18 Å². The van der Waals surface area contributed by atoms with Crippen LogP contribution in [0, 0.1) is 0 Å². The highest BCUT2D eigenvalue weighted by Crippen LogP contribution is 2.29. The normalized spacial score (nSPS) is 12.5. The second-order valence-corrected chi connectivity index (χ2v) is 6.96. The third kappa shape index (κ3) is 6.40. The predicted octanol–water partition coefficient (Wildman–Crippen LogP) is 3.75. The van der Waals surface area contributed by atoms with Crippen LogP contribution in [0.4, 0.5) is 13.2 Å². The molecule has 0 aliphatic rings. The van der Waals surface area contributed by atoms with Crippen LogP contribution in [0.5, 0.6) is 0 Å². The van der Waals surface area contributed by atoms with Crippen LogP contribution in [0.2, 0.25) is 0 Å². The molecule has 0 aliphatic carbocycles. The Bertz CT molecular complexity index is 974. The smallest absolute Gasteiger partial charge is 0.416 e. The van der Waals surface area contributed by atoms with Gasteiger partial charge in [0.05, 0.1) is 12.0 Å². The summed E-state index contributed by atoms with van der Waals surface area (Å²) in [5.74, 6) is 0.314. The number of rotatable bonds is 8. The number of aryl methyl sites for hydroxylation is 1. The molecular formula is C21H21F3N4O2. The summed E-state index contributed by atoms with van der Waals surface area (Å²) in [5.41, 5.74) is 0.582. The fourth-order valence-corrected chi connectivity index (χ4v) is 2.94. The van der Waals surface area contributed by atoms with E-state index >= 15 is 0 Å². The standard InChI is InChI=1S/C21H21F3N4O2/c1-14(11-17-7-2-3-10-25-17)26-18(29)8-9-19-27-28-20(30-19)13-15-5-4-6-16(12-15)21(22,23)24/h2-7,10,12,14H,8-9,11,13H2,1H3,(H,26,29). The highest BCUT2D eigenvalue weighted by Gasteiger charge is 2.30. The Balaban J connectivity index is 1.48. The zero-order chi connectivity index (χ0) is 21.6. The largest absolute Gasteiger partial charge is 0.425 e. The van der Waals surface area contributed by atoms with Crippen molar-refractivity contribution in [1.29, 1.82) is 0 Å². The second-order valence-electron chi connectivity index (χ2n) is 6.96. The molecule has 0 saturated carbocycles. The summed E-state index contributed by atoms with van der Waals surface area (Å²) in [6.45, 7) is 1.90. The Hall–Kier alpha value is -3.23. The Labute approximate surface area is 171 Å². The summed E-state index contributed by atoms with van der Waals surface area (Å²) in [6, 6.07) is 10.5. The van der Waals surface area contributed by atoms with Gasteiger partial charge in [0.25, 0.3) is 0 Å². The van der Waals surface area contributed by atoms with Crippen LogP contribution in [-0.4, -0.2) is 27.1 Å². The Morgan fingerprint density at radius 2 is 1.93 bits per heavy atom. The molecule has 0 aliphatic heterocycles. The van der Waals surface area contributed by atoms with Gasteiger partial charge in [0, 0.05) is 37.2 Å². The quantitative estimate of drug-likeness (QED) is 0.603. The number of benzene rings is 1. The van der Waals surface area contributed by atoms with Crippen molar-refractivity contribution in [2.24, 2.45) is 0 Å². The van der Waals surface area contributed by atoms with Crippen molar-refractivity contribution in [2.45, 2.75) is 44.8 Å². The molecule has 0 saturated heterocycles. The molecule has 6 nitrogen and oxygen atoms in total. The Morgan fingerprint density at radius 1 is 1.13 bits per heavy atom. The number of nitrogens with one attached hydrogen (secondary N) is 1. The third-order valence-corrected chi connectivity index (χ3v) is 4.33. The van der Waals surface area contributed by atoms with Crippen LogP contribution in [0.3, 0.4) is 0 Å². The van der Waals surface area contributed by atoms with Crippen molar-refractivity contribution in [2.75, 3.05) is 0 Å². The van der Waals surface area contributed by atoms with Gasteiger partial charge < -0.3 is 9.73 Å². The number of carbonyl (C=O) groups is 1. The number of alkyl halides is 3. The van der Waals surface area contributed by atoms with Gasteiger partial charge in [-0.1, -0.05) is 24.3 Å². The van der Waals surface area contributed by atoms with Crippen LogP contribution in [0.15, 0.2) is 53.1 Å². The van der Waals surface area contributed by atoms with Gasteiger partial charge in [-0.2, -0.15) is 13.2 Å². The van der Waals surface area contributed by atoms with Crippen molar-refractivity contribution in [3.63, 3.8) is 0 Å². The molecule has 1 atom stereocenters. The Morgan fingerprint density at radius 3 is 2.67 bits per heavy atom. The van der Waals surface area contributed by atoms with E-state index in [4.69, 9.17) is 4.42 Å². The average molecular weight is 418 g/mol. The van der Waals surface area contributed by atoms with Crippen molar-refractivity contribution < 1.29 is 22.4 Å². The minimum Gasteiger partial charge on any atom is -0.425 e. The fourth-order valence-electron chi connectivity index (χ4n) is 2.94. The molecule has 1 N–H and O–H groups in total. The molecule has 2 aromatic heterocycles. The summed E-state index contributed by atoms with van der Waals surface area (Å²) in [4.78, 5) is 16.3. The lowest BCUT2D eigenvalue weighted by Crippen LogP contribution is -2.34. The van der Waals surface area contributed by atoms with Crippen LogP contribution in [0.25, 0.3) is 0 Å². The van der Waals surface area contributed by atoms with E-state index in [2.05, 4.69) is 20.5 Å². The number of hydrogen-bond donors (Lipinski definition) is 1. The molecule has 0 radical (unpaired) electrons. The molecule has 30 heavy (non-hydrogen) atoms. The molecule has 0 bridgehead atoms. The molecule has 1 amide bonds. The first kappa shape index (κ1) is 21.5. The van der Waals surface area contributed by atoms with Gasteiger partial charge in [-0.05, 0) is 30.7 Å². The molecule has 158 valence electrons. The lowest BCUT2D eigenvalue weighted by atomic mass is 10.1. The third-order valence-electron chi connectivity index (χ3n) is 4.33. The fraction of sp³-hybridized carbons (Fsp3) is 0.333. The van der Waals surface area contributed by atoms with Crippen LogP contribution < -0.4 is 5.32 Å². The maximum absolute atomic E-state index is 12.8. The van der Waals surface area contributed by atoms with Crippen LogP contribution in [0.1, 0.15) is 41.9 Å². The number of halogens is 3. The highest BCUT2D eigenvalue weighted by atomic mass is 19.4. The zero-order valence-corrected chi connectivity index (χ0v) is 16.3. The number of carbonyl (C=O) groups excluding carboxylic acids is 1. The van der Waals surface area contributed by atoms with E-state index in [1.807, 2.05) is 25.1 Å². The molecule has 2 heterocycles. The molecule has 3 rings (SSSR count). The summed E-state index contributed by atoms with van der Waals surface area (Å²) >= 11 is 0. The highest BCUT2D eigenvalue weighted by molar-refractivity contribution is 5.76. The number of aromatic nitrogens is 3. The maximum atomic E-state index is 12.8. The monoisotopic (exact) mass is 418 g/mol. The first-order chi connectivity index (χ1) is 14.3. The van der Waals surface area contributed by atoms with E-state index in [1.54, 1.807) is 12.3 Å². The van der Waals surface area contributed by atoms with E-state index in [0.717, 1.165) is 17.8 Å². The molecule has 1 aromatic carbocycles. The number of amides is 1. The van der Waals surface area contributed by atoms with Gasteiger partial charge in [-0.3, -0.25) is 9.78 Å². The zero-order valence-electron chi connectivity index (χ0n) is 16.3. The summed E-state index contributed by atoms with van der Waals surface area (Å²) in [6.07, 6.45) is -1.58. The SMILES string of the molecule is CC(Cc1ccccn1)NC(=O)CCc1nnc(Cc2cccc(C(F)(F)F)c2)o1. The second kappa shape index (κ2) is 9.51. The molecular weight excluding hydrogens is 397 g/mol. The molecule has 0 fully saturated rings. The minimum atomic E-state index is -4.41. The lowest BCUT2D eigenvalue weighted by Gasteiger charge is -2.13. The molecule has 1 unspecified atom stereocenters. The molecule has 3 aromatic rings. The van der Waals surface area contributed by atoms with Gasteiger partial charge in [0.1, 0.15) is 0 Å². The summed E-state index contributed by atoms with van der Waals surface area (Å²) < 4.78 is 43.9. The van der Waals surface area contributed by atoms with Crippen molar-refractivity contribution in [3.05, 3.63) is 77.3 Å². The number of hydrogen-bond acceptors (Lipinski definition) is 5. The van der Waals surface area contributed by atoms with Gasteiger partial charge in [0.15, 0.2) is 0 Å². The number of pyridine rings is 1. The van der Waals surface area contributed by atoms with Crippen molar-refractivity contribution in [1.82, 2.24) is 20.5 Å². The van der Waals surface area contributed by atoms with E-state index in [-0.39, 0.29) is 43.0 Å². The van der Waals surface area contributed by atoms with Crippen molar-refractivity contribution >= 4 is 5.91 Å². The van der Waals surface area contributed by atoms with Crippen LogP contribution >= 0.6 is 0 Å². The summed E-state index contributed by atoms with van der Waals surface area (Å²) in [7, 11) is 0. The molecule has 0 spiro atoms. The van der Waals surface area contributed by atoms with Gasteiger partial charge in [-0.15, -0.1) is 10.2 Å². The van der Waals surface area contributed by atoms with Gasteiger partial charge in [-0.25, -0.2) is 0 Å².